The lowest BCUT2D eigenvalue weighted by atomic mass is 9.58. The van der Waals surface area contributed by atoms with Crippen LogP contribution in [0.5, 0.6) is 0 Å². The zero-order chi connectivity index (χ0) is 13.8. The summed E-state index contributed by atoms with van der Waals surface area (Å²) in [7, 11) is 2.15. The largest absolute Gasteiger partial charge is 0.313 e. The molecule has 0 heterocycles. The molecule has 0 aromatic heterocycles. The van der Waals surface area contributed by atoms with Gasteiger partial charge in [0.2, 0.25) is 0 Å². The molecular weight excluding hydrogens is 242 g/mol. The standard InChI is InChI=1S/C19H27N/c1-20-18(16-10-5-2-3-6-11-16)19(14-9-15-19)17-12-7-4-8-13-17/h4,7-8,10,12-13,18,20H,2-3,5-6,9,11,14-15H2,1H3. The molecule has 20 heavy (non-hydrogen) atoms. The molecule has 1 unspecified atom stereocenters. The van der Waals surface area contributed by atoms with Gasteiger partial charge in [-0.05, 0) is 51.1 Å². The maximum atomic E-state index is 3.67. The van der Waals surface area contributed by atoms with Gasteiger partial charge in [0.1, 0.15) is 0 Å². The summed E-state index contributed by atoms with van der Waals surface area (Å²) in [6, 6.07) is 11.7. The molecule has 108 valence electrons. The second-order valence-corrected chi connectivity index (χ2v) is 6.48. The Bertz CT molecular complexity index is 456. The van der Waals surface area contributed by atoms with E-state index in [0.717, 1.165) is 0 Å². The van der Waals surface area contributed by atoms with Crippen LogP contribution in [-0.4, -0.2) is 13.1 Å². The molecule has 1 aromatic rings. The molecule has 0 bridgehead atoms. The van der Waals surface area contributed by atoms with Crippen LogP contribution in [0.2, 0.25) is 0 Å². The second-order valence-electron chi connectivity index (χ2n) is 6.48. The van der Waals surface area contributed by atoms with Gasteiger partial charge in [-0.15, -0.1) is 0 Å². The zero-order valence-corrected chi connectivity index (χ0v) is 12.7. The topological polar surface area (TPSA) is 12.0 Å². The molecule has 1 aromatic carbocycles. The molecule has 1 N–H and O–H groups in total. The average Bonchev–Trinajstić information content (AvgIpc) is 2.72. The maximum absolute atomic E-state index is 3.67. The molecule has 0 radical (unpaired) electrons. The minimum Gasteiger partial charge on any atom is -0.313 e. The van der Waals surface area contributed by atoms with Gasteiger partial charge in [0.05, 0.1) is 0 Å². The van der Waals surface area contributed by atoms with E-state index in [2.05, 4.69) is 48.8 Å². The van der Waals surface area contributed by atoms with Crippen LogP contribution in [-0.2, 0) is 5.41 Å². The third kappa shape index (κ3) is 2.44. The second kappa shape index (κ2) is 6.13. The molecule has 2 aliphatic rings. The highest BCUT2D eigenvalue weighted by Crippen LogP contribution is 2.49. The van der Waals surface area contributed by atoms with E-state index in [-0.39, 0.29) is 0 Å². The monoisotopic (exact) mass is 269 g/mol. The van der Waals surface area contributed by atoms with Gasteiger partial charge < -0.3 is 5.32 Å². The van der Waals surface area contributed by atoms with Crippen LogP contribution < -0.4 is 5.32 Å². The van der Waals surface area contributed by atoms with Gasteiger partial charge in [-0.25, -0.2) is 0 Å². The zero-order valence-electron chi connectivity index (χ0n) is 12.7. The quantitative estimate of drug-likeness (QED) is 0.788. The molecule has 0 saturated heterocycles. The van der Waals surface area contributed by atoms with Crippen LogP contribution in [0, 0.1) is 0 Å². The number of allylic oxidation sites excluding steroid dienone is 1. The van der Waals surface area contributed by atoms with Crippen molar-refractivity contribution in [3.05, 3.63) is 47.5 Å². The maximum Gasteiger partial charge on any atom is 0.0374 e. The van der Waals surface area contributed by atoms with Crippen LogP contribution in [0.1, 0.15) is 56.9 Å². The number of rotatable bonds is 4. The average molecular weight is 269 g/mol. The van der Waals surface area contributed by atoms with Crippen molar-refractivity contribution in [2.24, 2.45) is 0 Å². The Morgan fingerprint density at radius 1 is 1.00 bits per heavy atom. The normalized spacial score (nSPS) is 23.4. The van der Waals surface area contributed by atoms with E-state index >= 15 is 0 Å². The van der Waals surface area contributed by atoms with E-state index in [9.17, 15) is 0 Å². The summed E-state index contributed by atoms with van der Waals surface area (Å²) in [5.74, 6) is 0. The van der Waals surface area contributed by atoms with Crippen LogP contribution in [0.25, 0.3) is 0 Å². The van der Waals surface area contributed by atoms with Crippen molar-refractivity contribution < 1.29 is 0 Å². The van der Waals surface area contributed by atoms with Gasteiger partial charge in [-0.3, -0.25) is 0 Å². The first-order valence-electron chi connectivity index (χ1n) is 8.28. The van der Waals surface area contributed by atoms with Crippen LogP contribution in [0.3, 0.4) is 0 Å². The fourth-order valence-electron chi connectivity index (χ4n) is 4.19. The Kier molecular flexibility index (Phi) is 4.26. The fraction of sp³-hybridized carbons (Fsp3) is 0.579. The summed E-state index contributed by atoms with van der Waals surface area (Å²) < 4.78 is 0. The Hall–Kier alpha value is -1.08. The summed E-state index contributed by atoms with van der Waals surface area (Å²) in [5, 5.41) is 3.67. The molecule has 1 atom stereocenters. The molecule has 1 saturated carbocycles. The van der Waals surface area contributed by atoms with Crippen molar-refractivity contribution in [3.8, 4) is 0 Å². The van der Waals surface area contributed by atoms with E-state index < -0.39 is 0 Å². The summed E-state index contributed by atoms with van der Waals surface area (Å²) in [6.07, 6.45) is 13.3. The highest BCUT2D eigenvalue weighted by atomic mass is 14.9. The minimum atomic E-state index is 0.353. The molecule has 1 heteroatoms. The smallest absolute Gasteiger partial charge is 0.0374 e. The lowest BCUT2D eigenvalue weighted by Gasteiger charge is -2.49. The van der Waals surface area contributed by atoms with Crippen molar-refractivity contribution in [2.45, 2.75) is 62.8 Å². The Labute approximate surface area is 123 Å². The van der Waals surface area contributed by atoms with Crippen LogP contribution in [0.4, 0.5) is 0 Å². The van der Waals surface area contributed by atoms with E-state index in [4.69, 9.17) is 0 Å². The minimum absolute atomic E-state index is 0.353. The predicted octanol–water partition coefficient (Wildman–Crippen LogP) is 4.59. The van der Waals surface area contributed by atoms with Gasteiger partial charge in [0, 0.05) is 11.5 Å². The Morgan fingerprint density at radius 3 is 2.45 bits per heavy atom. The molecule has 1 fully saturated rings. The van der Waals surface area contributed by atoms with Crippen LogP contribution in [0.15, 0.2) is 42.0 Å². The lowest BCUT2D eigenvalue weighted by Crippen LogP contribution is -2.52. The first kappa shape index (κ1) is 13.9. The third-order valence-corrected chi connectivity index (χ3v) is 5.38. The number of benzene rings is 1. The van der Waals surface area contributed by atoms with Crippen molar-refractivity contribution in [1.29, 1.82) is 0 Å². The predicted molar refractivity (Wildman–Crippen MR) is 86.0 cm³/mol. The van der Waals surface area contributed by atoms with E-state index in [0.29, 0.717) is 11.5 Å². The van der Waals surface area contributed by atoms with Gasteiger partial charge in [0.25, 0.3) is 0 Å². The van der Waals surface area contributed by atoms with E-state index in [1.54, 1.807) is 5.57 Å². The molecule has 0 spiro atoms. The highest BCUT2D eigenvalue weighted by molar-refractivity contribution is 5.35. The molecular formula is C19H27N. The molecule has 2 aliphatic carbocycles. The number of nitrogens with one attached hydrogen (secondary N) is 1. The van der Waals surface area contributed by atoms with Gasteiger partial charge >= 0.3 is 0 Å². The summed E-state index contributed by atoms with van der Waals surface area (Å²) in [5.41, 5.74) is 3.57. The lowest BCUT2D eigenvalue weighted by molar-refractivity contribution is 0.192. The Balaban J connectivity index is 1.92. The Morgan fingerprint density at radius 2 is 1.80 bits per heavy atom. The highest BCUT2D eigenvalue weighted by Gasteiger charge is 2.45. The van der Waals surface area contributed by atoms with Crippen molar-refractivity contribution in [3.63, 3.8) is 0 Å². The number of hydrogen-bond acceptors (Lipinski definition) is 1. The summed E-state index contributed by atoms with van der Waals surface area (Å²) in [4.78, 5) is 0. The van der Waals surface area contributed by atoms with E-state index in [1.165, 1.54) is 56.9 Å². The van der Waals surface area contributed by atoms with Gasteiger partial charge in [-0.1, -0.05) is 54.8 Å². The molecule has 3 rings (SSSR count). The van der Waals surface area contributed by atoms with Gasteiger partial charge in [0.15, 0.2) is 0 Å². The van der Waals surface area contributed by atoms with Crippen molar-refractivity contribution in [1.82, 2.24) is 5.32 Å². The third-order valence-electron chi connectivity index (χ3n) is 5.38. The molecule has 0 aliphatic heterocycles. The molecule has 0 amide bonds. The van der Waals surface area contributed by atoms with Crippen molar-refractivity contribution in [2.75, 3.05) is 7.05 Å². The van der Waals surface area contributed by atoms with Crippen LogP contribution >= 0.6 is 0 Å². The summed E-state index contributed by atoms with van der Waals surface area (Å²) in [6.45, 7) is 0. The SMILES string of the molecule is CNC(C1=CCCCCC1)C1(c2ccccc2)CCC1. The molecule has 1 nitrogen and oxygen atoms in total. The first-order valence-corrected chi connectivity index (χ1v) is 8.28. The fourth-order valence-corrected chi connectivity index (χ4v) is 4.19. The van der Waals surface area contributed by atoms with E-state index in [1.807, 2.05) is 0 Å². The van der Waals surface area contributed by atoms with Crippen molar-refractivity contribution >= 4 is 0 Å². The first-order chi connectivity index (χ1) is 9.87. The number of hydrogen-bond donors (Lipinski definition) is 1. The number of likely N-dealkylation sites (N-methyl/N-ethyl adjacent to an activating group) is 1. The van der Waals surface area contributed by atoms with Gasteiger partial charge in [-0.2, -0.15) is 0 Å². The summed E-state index contributed by atoms with van der Waals surface area (Å²) >= 11 is 0.